The van der Waals surface area contributed by atoms with Gasteiger partial charge < -0.3 is 4.79 Å². The third-order valence-corrected chi connectivity index (χ3v) is 2.79. The van der Waals surface area contributed by atoms with Crippen LogP contribution in [0.25, 0.3) is 0 Å². The average molecular weight is 160 g/mol. The maximum atomic E-state index is 10.6. The zero-order chi connectivity index (χ0) is 8.55. The van der Waals surface area contributed by atoms with E-state index in [0.29, 0.717) is 11.8 Å². The number of rotatable bonds is 2. The van der Waals surface area contributed by atoms with Gasteiger partial charge in [-0.25, -0.2) is 0 Å². The normalized spacial score (nSPS) is 32.9. The number of hydrogen-bond donors (Lipinski definition) is 0. The van der Waals surface area contributed by atoms with Gasteiger partial charge in [0.1, 0.15) is 6.29 Å². The van der Waals surface area contributed by atoms with Crippen LogP contribution in [0.3, 0.4) is 0 Å². The van der Waals surface area contributed by atoms with E-state index in [2.05, 4.69) is 19.1 Å². The van der Waals surface area contributed by atoms with Gasteiger partial charge in [0.25, 0.3) is 0 Å². The summed E-state index contributed by atoms with van der Waals surface area (Å²) >= 11 is 0. The predicted octanol–water partition coefficient (Wildman–Crippen LogP) is 2.24. The molecule has 0 amide bonds. The predicted molar refractivity (Wildman–Crippen MR) is 47.9 cm³/mol. The minimum Gasteiger partial charge on any atom is -0.303 e. The van der Waals surface area contributed by atoms with Crippen molar-refractivity contribution < 1.29 is 4.79 Å². The summed E-state index contributed by atoms with van der Waals surface area (Å²) in [6.45, 7) is 2.14. The van der Waals surface area contributed by atoms with E-state index in [9.17, 15) is 4.79 Å². The van der Waals surface area contributed by atoms with Crippen LogP contribution in [0.2, 0.25) is 0 Å². The summed E-state index contributed by atoms with van der Waals surface area (Å²) in [7, 11) is 0. The third kappa shape index (κ3) is 1.06. The fourth-order valence-electron chi connectivity index (χ4n) is 1.90. The van der Waals surface area contributed by atoms with Crippen molar-refractivity contribution in [2.24, 2.45) is 11.8 Å². The second-order valence-electron chi connectivity index (χ2n) is 3.51. The lowest BCUT2D eigenvalue weighted by Gasteiger charge is -1.95. The van der Waals surface area contributed by atoms with Gasteiger partial charge in [-0.3, -0.25) is 0 Å². The Hall–Kier alpha value is -1.11. The number of carbonyl (C=O) groups excluding carboxylic acids is 1. The van der Waals surface area contributed by atoms with Crippen LogP contribution in [-0.4, -0.2) is 6.29 Å². The topological polar surface area (TPSA) is 17.1 Å². The van der Waals surface area contributed by atoms with E-state index < -0.39 is 0 Å². The molecule has 12 heavy (non-hydrogen) atoms. The molecule has 1 aromatic carbocycles. The van der Waals surface area contributed by atoms with Crippen molar-refractivity contribution >= 4 is 6.29 Å². The quantitative estimate of drug-likeness (QED) is 0.606. The molecular weight excluding hydrogens is 148 g/mol. The summed E-state index contributed by atoms with van der Waals surface area (Å²) in [5.41, 5.74) is 1.31. The van der Waals surface area contributed by atoms with Gasteiger partial charge in [0, 0.05) is 5.92 Å². The van der Waals surface area contributed by atoms with Crippen LogP contribution in [0.5, 0.6) is 0 Å². The summed E-state index contributed by atoms with van der Waals surface area (Å²) in [6, 6.07) is 10.3. The molecule has 0 aromatic heterocycles. The molecule has 0 spiro atoms. The van der Waals surface area contributed by atoms with Crippen molar-refractivity contribution in [2.75, 3.05) is 0 Å². The molecule has 62 valence electrons. The van der Waals surface area contributed by atoms with Gasteiger partial charge in [-0.05, 0) is 17.4 Å². The Balaban J connectivity index is 2.19. The van der Waals surface area contributed by atoms with E-state index in [1.807, 2.05) is 18.2 Å². The molecule has 0 heterocycles. The van der Waals surface area contributed by atoms with Crippen molar-refractivity contribution in [3.8, 4) is 0 Å². The Kier molecular flexibility index (Phi) is 1.72. The fraction of sp³-hybridized carbons (Fsp3) is 0.364. The van der Waals surface area contributed by atoms with Gasteiger partial charge in [-0.1, -0.05) is 37.3 Å². The summed E-state index contributed by atoms with van der Waals surface area (Å²) < 4.78 is 0. The maximum Gasteiger partial charge on any atom is 0.123 e. The second-order valence-corrected chi connectivity index (χ2v) is 3.51. The molecule has 1 aromatic rings. The molecule has 1 heteroatoms. The van der Waals surface area contributed by atoms with E-state index in [-0.39, 0.29) is 5.92 Å². The maximum absolute atomic E-state index is 10.6. The van der Waals surface area contributed by atoms with Crippen molar-refractivity contribution in [2.45, 2.75) is 12.8 Å². The van der Waals surface area contributed by atoms with E-state index in [1.54, 1.807) is 0 Å². The minimum absolute atomic E-state index is 0.271. The monoisotopic (exact) mass is 160 g/mol. The fourth-order valence-corrected chi connectivity index (χ4v) is 1.90. The van der Waals surface area contributed by atoms with Crippen LogP contribution < -0.4 is 0 Å². The Morgan fingerprint density at radius 3 is 2.42 bits per heavy atom. The first-order valence-electron chi connectivity index (χ1n) is 4.35. The number of aldehydes is 1. The molecule has 0 saturated heterocycles. The molecule has 0 aliphatic heterocycles. The van der Waals surface area contributed by atoms with Gasteiger partial charge in [-0.15, -0.1) is 0 Å². The Morgan fingerprint density at radius 2 is 1.92 bits per heavy atom. The molecule has 1 aliphatic rings. The molecule has 1 nitrogen and oxygen atoms in total. The molecule has 0 radical (unpaired) electrons. The number of hydrogen-bond acceptors (Lipinski definition) is 1. The number of benzene rings is 1. The first kappa shape index (κ1) is 7.53. The largest absolute Gasteiger partial charge is 0.303 e. The van der Waals surface area contributed by atoms with Crippen molar-refractivity contribution in [1.29, 1.82) is 0 Å². The minimum atomic E-state index is 0.271. The summed E-state index contributed by atoms with van der Waals surface area (Å²) in [4.78, 5) is 10.6. The van der Waals surface area contributed by atoms with E-state index in [4.69, 9.17) is 0 Å². The molecule has 1 fully saturated rings. The summed E-state index contributed by atoms with van der Waals surface area (Å²) in [5, 5.41) is 0. The molecule has 1 aliphatic carbocycles. The molecule has 0 unspecified atom stereocenters. The van der Waals surface area contributed by atoms with Crippen molar-refractivity contribution in [3.63, 3.8) is 0 Å². The van der Waals surface area contributed by atoms with Crippen LogP contribution >= 0.6 is 0 Å². The highest BCUT2D eigenvalue weighted by atomic mass is 16.1. The van der Waals surface area contributed by atoms with E-state index >= 15 is 0 Å². The highest BCUT2D eigenvalue weighted by molar-refractivity contribution is 5.62. The highest BCUT2D eigenvalue weighted by Crippen LogP contribution is 2.52. The molecule has 3 atom stereocenters. The van der Waals surface area contributed by atoms with Crippen LogP contribution in [0, 0.1) is 11.8 Å². The highest BCUT2D eigenvalue weighted by Gasteiger charge is 2.47. The van der Waals surface area contributed by atoms with Crippen LogP contribution in [-0.2, 0) is 4.79 Å². The smallest absolute Gasteiger partial charge is 0.123 e. The van der Waals surface area contributed by atoms with Gasteiger partial charge >= 0.3 is 0 Å². The van der Waals surface area contributed by atoms with E-state index in [1.165, 1.54) is 5.56 Å². The lowest BCUT2D eigenvalue weighted by molar-refractivity contribution is -0.109. The summed E-state index contributed by atoms with van der Waals surface area (Å²) in [5.74, 6) is 1.31. The Labute approximate surface area is 72.4 Å². The molecular formula is C11H12O. The zero-order valence-electron chi connectivity index (χ0n) is 7.10. The first-order valence-corrected chi connectivity index (χ1v) is 4.35. The van der Waals surface area contributed by atoms with Crippen molar-refractivity contribution in [1.82, 2.24) is 0 Å². The lowest BCUT2D eigenvalue weighted by Crippen LogP contribution is -1.82. The first-order chi connectivity index (χ1) is 5.84. The second kappa shape index (κ2) is 2.74. The standard InChI is InChI=1S/C11H12O/c1-8-10(7-12)11(8)9-5-3-2-4-6-9/h2-8,10-11H,1H3/t8-,10+,11-/m0/s1. The molecule has 2 rings (SSSR count). The Morgan fingerprint density at radius 1 is 1.25 bits per heavy atom. The molecule has 0 N–H and O–H groups in total. The third-order valence-electron chi connectivity index (χ3n) is 2.79. The van der Waals surface area contributed by atoms with Crippen LogP contribution in [0.4, 0.5) is 0 Å². The Bertz CT molecular complexity index is 278. The lowest BCUT2D eigenvalue weighted by atomic mass is 10.1. The van der Waals surface area contributed by atoms with Gasteiger partial charge in [0.05, 0.1) is 0 Å². The summed E-state index contributed by atoms with van der Waals surface area (Å²) in [6.07, 6.45) is 1.09. The van der Waals surface area contributed by atoms with Gasteiger partial charge in [0.15, 0.2) is 0 Å². The van der Waals surface area contributed by atoms with Crippen molar-refractivity contribution in [3.05, 3.63) is 35.9 Å². The SMILES string of the molecule is C[C@H]1[C@@H](C=O)[C@@H]1c1ccccc1. The van der Waals surface area contributed by atoms with Gasteiger partial charge in [0.2, 0.25) is 0 Å². The van der Waals surface area contributed by atoms with E-state index in [0.717, 1.165) is 6.29 Å². The zero-order valence-corrected chi connectivity index (χ0v) is 7.10. The average Bonchev–Trinajstić information content (AvgIpc) is 2.78. The molecule has 1 saturated carbocycles. The van der Waals surface area contributed by atoms with Crippen LogP contribution in [0.15, 0.2) is 30.3 Å². The van der Waals surface area contributed by atoms with Gasteiger partial charge in [-0.2, -0.15) is 0 Å². The molecule has 0 bridgehead atoms. The number of carbonyl (C=O) groups is 1. The van der Waals surface area contributed by atoms with Crippen LogP contribution in [0.1, 0.15) is 18.4 Å².